The summed E-state index contributed by atoms with van der Waals surface area (Å²) in [6, 6.07) is 7.62. The van der Waals surface area contributed by atoms with Gasteiger partial charge in [0.2, 0.25) is 5.52 Å². The Balaban J connectivity index is 2.41. The van der Waals surface area contributed by atoms with Crippen LogP contribution in [0.3, 0.4) is 0 Å². The van der Waals surface area contributed by atoms with E-state index in [0.717, 1.165) is 0 Å². The van der Waals surface area contributed by atoms with E-state index in [0.29, 0.717) is 11.5 Å². The lowest BCUT2D eigenvalue weighted by Gasteiger charge is -2.16. The standard InChI is InChI=1S/C21H24O8P/c1-12(20(22)15-8-7-13(25-2)9-16(15)27-4)30(24)21(23)19-17(28-5)10-14(26-3)11-18(19)29-6/h7-12H,1-6H3. The quantitative estimate of drug-likeness (QED) is 0.409. The average Bonchev–Trinajstić information content (AvgIpc) is 2.80. The third-order valence-electron chi connectivity index (χ3n) is 4.53. The molecule has 9 heteroatoms. The largest absolute Gasteiger partial charge is 0.497 e. The summed E-state index contributed by atoms with van der Waals surface area (Å²) < 4.78 is 39.1. The fourth-order valence-electron chi connectivity index (χ4n) is 2.84. The number of benzene rings is 2. The molecule has 1 radical (unpaired) electrons. The van der Waals surface area contributed by atoms with E-state index in [1.807, 2.05) is 0 Å². The lowest BCUT2D eigenvalue weighted by Crippen LogP contribution is -2.17. The molecule has 30 heavy (non-hydrogen) atoms. The van der Waals surface area contributed by atoms with Crippen LogP contribution < -0.4 is 23.7 Å². The minimum Gasteiger partial charge on any atom is -0.497 e. The van der Waals surface area contributed by atoms with E-state index in [4.69, 9.17) is 23.7 Å². The molecule has 2 rings (SSSR count). The maximum atomic E-state index is 13.0. The molecule has 0 heterocycles. The van der Waals surface area contributed by atoms with Gasteiger partial charge in [-0.15, -0.1) is 0 Å². The Bertz CT molecular complexity index is 944. The molecule has 0 bridgehead atoms. The molecule has 0 saturated heterocycles. The monoisotopic (exact) mass is 435 g/mol. The topological polar surface area (TPSA) is 97.4 Å². The molecule has 161 valence electrons. The zero-order valence-electron chi connectivity index (χ0n) is 17.7. The molecule has 0 saturated carbocycles. The van der Waals surface area contributed by atoms with E-state index in [9.17, 15) is 14.2 Å². The van der Waals surface area contributed by atoms with Crippen LogP contribution in [0, 0.1) is 0 Å². The molecule has 0 aliphatic heterocycles. The Morgan fingerprint density at radius 2 is 1.27 bits per heavy atom. The summed E-state index contributed by atoms with van der Waals surface area (Å²) in [5.74, 6) is 0.964. The van der Waals surface area contributed by atoms with Crippen molar-refractivity contribution in [3.8, 4) is 28.7 Å². The van der Waals surface area contributed by atoms with Gasteiger partial charge in [0, 0.05) is 18.2 Å². The van der Waals surface area contributed by atoms with Crippen LogP contribution in [0.5, 0.6) is 28.7 Å². The molecule has 0 amide bonds. The molecule has 2 aromatic rings. The van der Waals surface area contributed by atoms with Crippen LogP contribution in [0.2, 0.25) is 0 Å². The molecule has 0 fully saturated rings. The summed E-state index contributed by atoms with van der Waals surface area (Å²) in [6.07, 6.45) is 0. The van der Waals surface area contributed by atoms with Crippen molar-refractivity contribution >= 4 is 19.1 Å². The van der Waals surface area contributed by atoms with Crippen LogP contribution in [0.4, 0.5) is 0 Å². The van der Waals surface area contributed by atoms with E-state index in [1.165, 1.54) is 60.7 Å². The van der Waals surface area contributed by atoms with Gasteiger partial charge in [-0.05, 0) is 19.1 Å². The molecule has 0 aliphatic rings. The molecular formula is C21H24O8P. The van der Waals surface area contributed by atoms with Crippen LogP contribution in [0.25, 0.3) is 0 Å². The zero-order chi connectivity index (χ0) is 22.4. The first-order chi connectivity index (χ1) is 14.3. The Morgan fingerprint density at radius 3 is 1.73 bits per heavy atom. The van der Waals surface area contributed by atoms with Crippen molar-refractivity contribution in [1.82, 2.24) is 0 Å². The number of carbonyl (C=O) groups excluding carboxylic acids is 2. The predicted octanol–water partition coefficient (Wildman–Crippen LogP) is 3.97. The van der Waals surface area contributed by atoms with E-state index in [1.54, 1.807) is 12.1 Å². The van der Waals surface area contributed by atoms with Crippen molar-refractivity contribution in [2.45, 2.75) is 12.6 Å². The highest BCUT2D eigenvalue weighted by Gasteiger charge is 2.33. The Labute approximate surface area is 175 Å². The van der Waals surface area contributed by atoms with Crippen LogP contribution in [0.15, 0.2) is 30.3 Å². The van der Waals surface area contributed by atoms with Gasteiger partial charge in [-0.2, -0.15) is 0 Å². The second kappa shape index (κ2) is 10.1. The van der Waals surface area contributed by atoms with Crippen molar-refractivity contribution in [1.29, 1.82) is 0 Å². The van der Waals surface area contributed by atoms with Gasteiger partial charge in [0.15, 0.2) is 13.6 Å². The first-order valence-electron chi connectivity index (χ1n) is 8.89. The number of carbonyl (C=O) groups is 2. The van der Waals surface area contributed by atoms with Gasteiger partial charge in [0.25, 0.3) is 0 Å². The molecule has 0 aliphatic carbocycles. The minimum absolute atomic E-state index is 0.0109. The van der Waals surface area contributed by atoms with Crippen molar-refractivity contribution in [2.75, 3.05) is 35.5 Å². The van der Waals surface area contributed by atoms with E-state index >= 15 is 0 Å². The van der Waals surface area contributed by atoms with Crippen molar-refractivity contribution < 1.29 is 37.8 Å². The van der Waals surface area contributed by atoms with Crippen molar-refractivity contribution in [3.05, 3.63) is 41.5 Å². The third-order valence-corrected chi connectivity index (χ3v) is 6.10. The van der Waals surface area contributed by atoms with Gasteiger partial charge < -0.3 is 23.7 Å². The number of methoxy groups -OCH3 is 5. The van der Waals surface area contributed by atoms with Crippen LogP contribution in [-0.2, 0) is 4.57 Å². The van der Waals surface area contributed by atoms with Gasteiger partial charge in [0.1, 0.15) is 34.3 Å². The Hall–Kier alpha value is -3.12. The first-order valence-corrected chi connectivity index (χ1v) is 10.2. The highest BCUT2D eigenvalue weighted by molar-refractivity contribution is 7.66. The van der Waals surface area contributed by atoms with Gasteiger partial charge >= 0.3 is 0 Å². The predicted molar refractivity (Wildman–Crippen MR) is 111 cm³/mol. The zero-order valence-corrected chi connectivity index (χ0v) is 18.6. The fraction of sp³-hybridized carbons (Fsp3) is 0.333. The summed E-state index contributed by atoms with van der Waals surface area (Å²) >= 11 is 0. The molecule has 0 spiro atoms. The van der Waals surface area contributed by atoms with Crippen LogP contribution in [0.1, 0.15) is 27.6 Å². The van der Waals surface area contributed by atoms with Crippen LogP contribution in [-0.4, -0.2) is 52.5 Å². The maximum Gasteiger partial charge on any atom is 0.250 e. The van der Waals surface area contributed by atoms with Crippen molar-refractivity contribution in [3.63, 3.8) is 0 Å². The molecule has 8 nitrogen and oxygen atoms in total. The smallest absolute Gasteiger partial charge is 0.250 e. The van der Waals surface area contributed by atoms with Gasteiger partial charge in [-0.1, -0.05) is 0 Å². The first kappa shape index (κ1) is 23.2. The molecular weight excluding hydrogens is 411 g/mol. The van der Waals surface area contributed by atoms with Gasteiger partial charge in [-0.3, -0.25) is 14.2 Å². The number of hydrogen-bond donors (Lipinski definition) is 0. The summed E-state index contributed by atoms with van der Waals surface area (Å²) in [7, 11) is 4.44. The molecule has 2 unspecified atom stereocenters. The second-order valence-electron chi connectivity index (χ2n) is 6.14. The lowest BCUT2D eigenvalue weighted by molar-refractivity contribution is 0.0979. The SMILES string of the molecule is COc1ccc(C(=O)C(C)[P](=O)C(=O)c2c(OC)cc(OC)cc2OC)c(OC)c1. The maximum absolute atomic E-state index is 13.0. The minimum atomic E-state index is -2.65. The lowest BCUT2D eigenvalue weighted by atomic mass is 10.1. The third kappa shape index (κ3) is 4.54. The van der Waals surface area contributed by atoms with E-state index in [2.05, 4.69) is 0 Å². The van der Waals surface area contributed by atoms with E-state index < -0.39 is 24.8 Å². The number of ether oxygens (including phenoxy) is 5. The van der Waals surface area contributed by atoms with E-state index in [-0.39, 0.29) is 28.4 Å². The molecule has 0 aromatic heterocycles. The molecule has 0 N–H and O–H groups in total. The number of ketones is 1. The average molecular weight is 435 g/mol. The number of hydrogen-bond acceptors (Lipinski definition) is 8. The van der Waals surface area contributed by atoms with Gasteiger partial charge in [-0.25, -0.2) is 0 Å². The molecule has 2 atom stereocenters. The number of rotatable bonds is 10. The van der Waals surface area contributed by atoms with Crippen molar-refractivity contribution in [2.24, 2.45) is 0 Å². The summed E-state index contributed by atoms with van der Waals surface area (Å²) in [5, 5.41) is 0. The highest BCUT2D eigenvalue weighted by Crippen LogP contribution is 2.43. The summed E-state index contributed by atoms with van der Waals surface area (Å²) in [6.45, 7) is 1.44. The Morgan fingerprint density at radius 1 is 0.767 bits per heavy atom. The van der Waals surface area contributed by atoms with Gasteiger partial charge in [0.05, 0.1) is 46.8 Å². The highest BCUT2D eigenvalue weighted by atomic mass is 31.1. The van der Waals surface area contributed by atoms with Crippen LogP contribution >= 0.6 is 7.80 Å². The fourth-order valence-corrected chi connectivity index (χ4v) is 3.98. The second-order valence-corrected chi connectivity index (χ2v) is 7.98. The number of Topliss-reactive ketones (excluding diaryl/α,β-unsaturated/α-hetero) is 1. The summed E-state index contributed by atoms with van der Waals surface area (Å²) in [4.78, 5) is 26.0. The molecule has 2 aromatic carbocycles. The normalized spacial score (nSPS) is 11.9. The summed E-state index contributed by atoms with van der Waals surface area (Å²) in [5.41, 5.74) is -1.67. The Kier molecular flexibility index (Phi) is 7.78.